The van der Waals surface area contributed by atoms with Gasteiger partial charge in [0.1, 0.15) is 10.8 Å². The van der Waals surface area contributed by atoms with Crippen LogP contribution in [0.25, 0.3) is 31.9 Å². The summed E-state index contributed by atoms with van der Waals surface area (Å²) >= 11 is 1.58. The van der Waals surface area contributed by atoms with Crippen LogP contribution in [0.3, 0.4) is 0 Å². The lowest BCUT2D eigenvalue weighted by Gasteiger charge is -2.33. The third-order valence-corrected chi connectivity index (χ3v) is 6.71. The van der Waals surface area contributed by atoms with E-state index in [1.165, 1.54) is 0 Å². The van der Waals surface area contributed by atoms with E-state index in [1.807, 2.05) is 41.4 Å². The van der Waals surface area contributed by atoms with Crippen molar-refractivity contribution >= 4 is 33.7 Å². The van der Waals surface area contributed by atoms with E-state index < -0.39 is 6.17 Å². The molecular weight excluding hydrogens is 412 g/mol. The minimum absolute atomic E-state index is 0.293. The molecule has 1 aliphatic rings. The van der Waals surface area contributed by atoms with Crippen molar-refractivity contribution in [3.05, 3.63) is 48.9 Å². The molecule has 158 valence electrons. The van der Waals surface area contributed by atoms with Crippen molar-refractivity contribution in [1.82, 2.24) is 24.6 Å². The predicted molar refractivity (Wildman–Crippen MR) is 120 cm³/mol. The molecule has 1 aliphatic heterocycles. The highest BCUT2D eigenvalue weighted by atomic mass is 32.1. The van der Waals surface area contributed by atoms with Gasteiger partial charge in [-0.25, -0.2) is 14.6 Å². The molecule has 0 bridgehead atoms. The molecule has 31 heavy (non-hydrogen) atoms. The smallest absolute Gasteiger partial charge is 0.160 e. The number of nitrogen functional groups attached to an aromatic ring is 1. The second-order valence-corrected chi connectivity index (χ2v) is 8.70. The van der Waals surface area contributed by atoms with Gasteiger partial charge in [0.15, 0.2) is 12.5 Å². The summed E-state index contributed by atoms with van der Waals surface area (Å²) in [5.74, 6) is 0.424. The number of fused-ring (bicyclic) bond motifs is 1. The number of benzene rings is 1. The number of nitrogens with zero attached hydrogens (tertiary/aromatic N) is 5. The number of hydrogen-bond acceptors (Lipinski definition) is 8. The van der Waals surface area contributed by atoms with Crippen molar-refractivity contribution in [1.29, 1.82) is 0 Å². The Kier molecular flexibility index (Phi) is 5.23. The Balaban J connectivity index is 1.45. The average molecular weight is 435 g/mol. The largest absolute Gasteiger partial charge is 0.393 e. The fourth-order valence-corrected chi connectivity index (χ4v) is 4.88. The number of thiazole rings is 1. The van der Waals surface area contributed by atoms with Crippen LogP contribution in [0, 0.1) is 0 Å². The highest BCUT2D eigenvalue weighted by Crippen LogP contribution is 2.35. The standard InChI is InChI=1S/C22H22N6O2S/c23-21-17(22-26-18-3-1-2-4-19(18)31-22)9-14(10-24-21)15-11-25-28(12-15)20(13-29)27-7-5-16(30)6-8-27/h1-4,9-13,16,20,30H,5-8H2,(H2,23,24). The summed E-state index contributed by atoms with van der Waals surface area (Å²) in [7, 11) is 0. The van der Waals surface area contributed by atoms with E-state index >= 15 is 0 Å². The van der Waals surface area contributed by atoms with E-state index in [0.29, 0.717) is 31.7 Å². The monoisotopic (exact) mass is 434 g/mol. The van der Waals surface area contributed by atoms with Crippen molar-refractivity contribution in [3.8, 4) is 21.7 Å². The Morgan fingerprint density at radius 1 is 1.19 bits per heavy atom. The summed E-state index contributed by atoms with van der Waals surface area (Å²) < 4.78 is 2.75. The lowest BCUT2D eigenvalue weighted by molar-refractivity contribution is -0.117. The Morgan fingerprint density at radius 3 is 2.77 bits per heavy atom. The minimum Gasteiger partial charge on any atom is -0.393 e. The van der Waals surface area contributed by atoms with E-state index in [9.17, 15) is 9.90 Å². The number of carbonyl (C=O) groups is 1. The van der Waals surface area contributed by atoms with Crippen LogP contribution in [-0.2, 0) is 4.79 Å². The van der Waals surface area contributed by atoms with Gasteiger partial charge in [0.05, 0.1) is 28.1 Å². The highest BCUT2D eigenvalue weighted by Gasteiger charge is 2.25. The first-order chi connectivity index (χ1) is 15.1. The van der Waals surface area contributed by atoms with Gasteiger partial charge in [0, 0.05) is 36.6 Å². The molecule has 0 amide bonds. The van der Waals surface area contributed by atoms with Gasteiger partial charge in [-0.3, -0.25) is 9.69 Å². The molecule has 0 aliphatic carbocycles. The molecule has 0 saturated carbocycles. The van der Waals surface area contributed by atoms with Crippen LogP contribution in [0.1, 0.15) is 19.0 Å². The molecule has 1 fully saturated rings. The molecule has 9 heteroatoms. The number of carbonyl (C=O) groups excluding carboxylic acids is 1. The number of aliphatic hydroxyl groups excluding tert-OH is 1. The van der Waals surface area contributed by atoms with Crippen LogP contribution in [0.15, 0.2) is 48.9 Å². The van der Waals surface area contributed by atoms with E-state index in [2.05, 4.69) is 10.1 Å². The fourth-order valence-electron chi connectivity index (χ4n) is 3.89. The topological polar surface area (TPSA) is 110 Å². The van der Waals surface area contributed by atoms with Gasteiger partial charge in [-0.05, 0) is 31.0 Å². The van der Waals surface area contributed by atoms with E-state index in [1.54, 1.807) is 28.4 Å². The van der Waals surface area contributed by atoms with Crippen LogP contribution in [-0.4, -0.2) is 55.2 Å². The predicted octanol–water partition coefficient (Wildman–Crippen LogP) is 2.96. The summed E-state index contributed by atoms with van der Waals surface area (Å²) in [6.45, 7) is 1.32. The zero-order valence-corrected chi connectivity index (χ0v) is 17.6. The Labute approximate surface area is 183 Å². The minimum atomic E-state index is -0.494. The third-order valence-electron chi connectivity index (χ3n) is 5.64. The SMILES string of the molecule is Nc1ncc(-c2cnn(C(C=O)N3CCC(O)CC3)c2)cc1-c1nc2ccccc2s1. The zero-order valence-electron chi connectivity index (χ0n) is 16.8. The number of para-hydroxylation sites is 1. The number of hydrogen-bond donors (Lipinski definition) is 2. The maximum Gasteiger partial charge on any atom is 0.160 e. The van der Waals surface area contributed by atoms with E-state index in [0.717, 1.165) is 38.2 Å². The third kappa shape index (κ3) is 3.83. The summed E-state index contributed by atoms with van der Waals surface area (Å²) in [6.07, 6.45) is 6.70. The van der Waals surface area contributed by atoms with Crippen molar-refractivity contribution in [3.63, 3.8) is 0 Å². The number of aromatic nitrogens is 4. The molecule has 4 heterocycles. The number of aliphatic hydroxyl groups is 1. The van der Waals surface area contributed by atoms with Crippen LogP contribution < -0.4 is 5.73 Å². The number of piperidine rings is 1. The Morgan fingerprint density at radius 2 is 2.00 bits per heavy atom. The van der Waals surface area contributed by atoms with E-state index in [4.69, 9.17) is 10.7 Å². The summed E-state index contributed by atoms with van der Waals surface area (Å²) in [5.41, 5.74) is 9.58. The first-order valence-electron chi connectivity index (χ1n) is 10.2. The molecule has 8 nitrogen and oxygen atoms in total. The molecular formula is C22H22N6O2S. The van der Waals surface area contributed by atoms with E-state index in [-0.39, 0.29) is 6.10 Å². The molecule has 3 N–H and O–H groups in total. The molecule has 4 aromatic rings. The number of aldehydes is 1. The number of likely N-dealkylation sites (tertiary alicyclic amines) is 1. The first-order valence-corrected chi connectivity index (χ1v) is 11.0. The quantitative estimate of drug-likeness (QED) is 0.465. The Bertz CT molecular complexity index is 1190. The molecule has 0 spiro atoms. The van der Waals surface area contributed by atoms with Gasteiger partial charge in [0.25, 0.3) is 0 Å². The molecule has 3 aromatic heterocycles. The number of rotatable bonds is 5. The molecule has 0 radical (unpaired) electrons. The maximum atomic E-state index is 11.8. The van der Waals surface area contributed by atoms with Crippen molar-refractivity contribution < 1.29 is 9.90 Å². The second-order valence-electron chi connectivity index (χ2n) is 7.67. The zero-order chi connectivity index (χ0) is 21.4. The number of anilines is 1. The molecule has 5 rings (SSSR count). The molecule has 1 atom stereocenters. The van der Waals surface area contributed by atoms with Gasteiger partial charge in [-0.15, -0.1) is 11.3 Å². The van der Waals surface area contributed by atoms with Gasteiger partial charge < -0.3 is 10.8 Å². The van der Waals surface area contributed by atoms with Gasteiger partial charge in [0.2, 0.25) is 0 Å². The molecule has 1 aromatic carbocycles. The van der Waals surface area contributed by atoms with Gasteiger partial charge in [-0.1, -0.05) is 12.1 Å². The van der Waals surface area contributed by atoms with Crippen LogP contribution in [0.5, 0.6) is 0 Å². The second kappa shape index (κ2) is 8.18. The normalized spacial score (nSPS) is 16.5. The summed E-state index contributed by atoms with van der Waals surface area (Å²) in [6, 6.07) is 9.93. The van der Waals surface area contributed by atoms with Gasteiger partial charge >= 0.3 is 0 Å². The lowest BCUT2D eigenvalue weighted by atomic mass is 10.1. The van der Waals surface area contributed by atoms with Crippen LogP contribution in [0.2, 0.25) is 0 Å². The summed E-state index contributed by atoms with van der Waals surface area (Å²) in [4.78, 5) is 22.9. The first kappa shape index (κ1) is 19.8. The fraction of sp³-hybridized carbons (Fsp3) is 0.273. The Hall–Kier alpha value is -3.14. The van der Waals surface area contributed by atoms with Crippen molar-refractivity contribution in [2.24, 2.45) is 0 Å². The van der Waals surface area contributed by atoms with Crippen molar-refractivity contribution in [2.75, 3.05) is 18.8 Å². The lowest BCUT2D eigenvalue weighted by Crippen LogP contribution is -2.41. The highest BCUT2D eigenvalue weighted by molar-refractivity contribution is 7.21. The van der Waals surface area contributed by atoms with Crippen molar-refractivity contribution in [2.45, 2.75) is 25.1 Å². The summed E-state index contributed by atoms with van der Waals surface area (Å²) in [5, 5.41) is 15.0. The molecule has 1 unspecified atom stereocenters. The number of pyridine rings is 1. The van der Waals surface area contributed by atoms with Crippen LogP contribution in [0.4, 0.5) is 5.82 Å². The van der Waals surface area contributed by atoms with Crippen LogP contribution >= 0.6 is 11.3 Å². The number of nitrogens with two attached hydrogens (primary N) is 1. The average Bonchev–Trinajstić information content (AvgIpc) is 3.43. The molecule has 1 saturated heterocycles. The maximum absolute atomic E-state index is 11.8. The van der Waals surface area contributed by atoms with Gasteiger partial charge in [-0.2, -0.15) is 5.10 Å².